The predicted octanol–water partition coefficient (Wildman–Crippen LogP) is 2.20. The second-order valence-electron chi connectivity index (χ2n) is 3.29. The Bertz CT molecular complexity index is 331. The van der Waals surface area contributed by atoms with Crippen LogP contribution in [-0.4, -0.2) is 36.5 Å². The molecule has 0 spiro atoms. The van der Waals surface area contributed by atoms with Crippen LogP contribution in [-0.2, 0) is 4.74 Å². The van der Waals surface area contributed by atoms with E-state index >= 15 is 0 Å². The Labute approximate surface area is 105 Å². The number of hydrogen-bond acceptors (Lipinski definition) is 4. The summed E-state index contributed by atoms with van der Waals surface area (Å²) in [6.07, 6.45) is 2.08. The van der Waals surface area contributed by atoms with E-state index in [1.807, 2.05) is 0 Å². The van der Waals surface area contributed by atoms with Crippen LogP contribution in [0, 0.1) is 0 Å². The van der Waals surface area contributed by atoms with Crippen LogP contribution in [0.1, 0.15) is 6.42 Å². The number of hydrogen-bond donors (Lipinski definition) is 2. The lowest BCUT2D eigenvalue weighted by molar-refractivity contribution is 0.170. The molecule has 0 aliphatic carbocycles. The van der Waals surface area contributed by atoms with Gasteiger partial charge in [-0.1, -0.05) is 23.2 Å². The molecule has 6 heteroatoms. The van der Waals surface area contributed by atoms with E-state index in [0.717, 1.165) is 0 Å². The number of ether oxygens (including phenoxy) is 1. The molecular weight excluding hydrogens is 251 g/mol. The van der Waals surface area contributed by atoms with Gasteiger partial charge in [-0.05, 0) is 12.5 Å². The maximum atomic E-state index is 8.88. The molecule has 1 atom stereocenters. The third-order valence-electron chi connectivity index (χ3n) is 1.99. The summed E-state index contributed by atoms with van der Waals surface area (Å²) in [5, 5.41) is 12.9. The van der Waals surface area contributed by atoms with Crippen molar-refractivity contribution in [3.05, 3.63) is 22.3 Å². The monoisotopic (exact) mass is 264 g/mol. The van der Waals surface area contributed by atoms with Crippen LogP contribution in [0.5, 0.6) is 0 Å². The van der Waals surface area contributed by atoms with Crippen molar-refractivity contribution in [2.75, 3.05) is 25.6 Å². The largest absolute Gasteiger partial charge is 0.396 e. The lowest BCUT2D eigenvalue weighted by atomic mass is 10.2. The molecule has 1 rings (SSSR count). The first-order valence-corrected chi connectivity index (χ1v) is 5.60. The average molecular weight is 265 g/mol. The van der Waals surface area contributed by atoms with Crippen molar-refractivity contribution in [2.45, 2.75) is 12.5 Å². The lowest BCUT2D eigenvalue weighted by Crippen LogP contribution is -2.26. The van der Waals surface area contributed by atoms with E-state index in [-0.39, 0.29) is 12.6 Å². The van der Waals surface area contributed by atoms with Crippen LogP contribution < -0.4 is 5.32 Å². The van der Waals surface area contributed by atoms with Gasteiger partial charge in [0, 0.05) is 19.9 Å². The molecular formula is C10H14Cl2N2O2. The number of nitrogens with one attached hydrogen (secondary N) is 1. The van der Waals surface area contributed by atoms with Crippen molar-refractivity contribution in [1.29, 1.82) is 0 Å². The van der Waals surface area contributed by atoms with E-state index in [1.54, 1.807) is 13.2 Å². The van der Waals surface area contributed by atoms with E-state index in [9.17, 15) is 0 Å². The summed E-state index contributed by atoms with van der Waals surface area (Å²) >= 11 is 11.7. The van der Waals surface area contributed by atoms with Crippen molar-refractivity contribution < 1.29 is 9.84 Å². The number of anilines is 1. The normalized spacial score (nSPS) is 12.5. The summed E-state index contributed by atoms with van der Waals surface area (Å²) in [6, 6.07) is 1.59. The Balaban J connectivity index is 2.68. The Morgan fingerprint density at radius 2 is 2.31 bits per heavy atom. The van der Waals surface area contributed by atoms with Gasteiger partial charge in [0.1, 0.15) is 5.82 Å². The number of aliphatic hydroxyl groups is 1. The molecule has 4 nitrogen and oxygen atoms in total. The summed E-state index contributed by atoms with van der Waals surface area (Å²) in [5.41, 5.74) is 0. The molecule has 2 N–H and O–H groups in total. The van der Waals surface area contributed by atoms with Crippen LogP contribution in [0.25, 0.3) is 0 Å². The Morgan fingerprint density at radius 3 is 2.88 bits per heavy atom. The molecule has 0 aromatic carbocycles. The summed E-state index contributed by atoms with van der Waals surface area (Å²) < 4.78 is 5.02. The van der Waals surface area contributed by atoms with Crippen LogP contribution in [0.15, 0.2) is 12.3 Å². The fourth-order valence-electron chi connectivity index (χ4n) is 1.27. The second-order valence-corrected chi connectivity index (χ2v) is 4.14. The smallest absolute Gasteiger partial charge is 0.145 e. The maximum absolute atomic E-state index is 8.88. The quantitative estimate of drug-likeness (QED) is 0.827. The third-order valence-corrected chi connectivity index (χ3v) is 2.49. The van der Waals surface area contributed by atoms with Gasteiger partial charge in [-0.25, -0.2) is 4.98 Å². The summed E-state index contributed by atoms with van der Waals surface area (Å²) in [5.74, 6) is 0.543. The topological polar surface area (TPSA) is 54.4 Å². The van der Waals surface area contributed by atoms with E-state index in [2.05, 4.69) is 10.3 Å². The standard InChI is InChI=1S/C10H14Cl2N2O2/c1-16-6-8(2-3-15)14-10-9(12)4-7(11)5-13-10/h4-5,8,15H,2-3,6H2,1H3,(H,13,14). The van der Waals surface area contributed by atoms with Gasteiger partial charge in [0.15, 0.2) is 0 Å². The average Bonchev–Trinajstić information content (AvgIpc) is 2.23. The summed E-state index contributed by atoms with van der Waals surface area (Å²) in [6.45, 7) is 0.549. The molecule has 0 radical (unpaired) electrons. The number of halogens is 2. The predicted molar refractivity (Wildman–Crippen MR) is 65.2 cm³/mol. The molecule has 1 aromatic heterocycles. The van der Waals surface area contributed by atoms with Gasteiger partial charge in [0.05, 0.1) is 22.7 Å². The number of nitrogens with zero attached hydrogens (tertiary/aromatic N) is 1. The summed E-state index contributed by atoms with van der Waals surface area (Å²) in [7, 11) is 1.60. The fourth-order valence-corrected chi connectivity index (χ4v) is 1.70. The molecule has 0 saturated carbocycles. The van der Waals surface area contributed by atoms with Crippen LogP contribution in [0.3, 0.4) is 0 Å². The van der Waals surface area contributed by atoms with Gasteiger partial charge in [0.2, 0.25) is 0 Å². The molecule has 0 saturated heterocycles. The first-order chi connectivity index (χ1) is 7.67. The number of aromatic nitrogens is 1. The van der Waals surface area contributed by atoms with E-state index in [4.69, 9.17) is 33.0 Å². The molecule has 0 fully saturated rings. The minimum atomic E-state index is -0.0267. The Morgan fingerprint density at radius 1 is 1.56 bits per heavy atom. The number of pyridine rings is 1. The highest BCUT2D eigenvalue weighted by molar-refractivity contribution is 6.35. The minimum Gasteiger partial charge on any atom is -0.396 e. The van der Waals surface area contributed by atoms with Crippen molar-refractivity contribution in [3.63, 3.8) is 0 Å². The first kappa shape index (κ1) is 13.5. The van der Waals surface area contributed by atoms with E-state index < -0.39 is 0 Å². The molecule has 90 valence electrons. The SMILES string of the molecule is COCC(CCO)Nc1ncc(Cl)cc1Cl. The lowest BCUT2D eigenvalue weighted by Gasteiger charge is -2.18. The van der Waals surface area contributed by atoms with Gasteiger partial charge < -0.3 is 15.2 Å². The van der Waals surface area contributed by atoms with Gasteiger partial charge in [0.25, 0.3) is 0 Å². The van der Waals surface area contributed by atoms with Gasteiger partial charge in [-0.15, -0.1) is 0 Å². The van der Waals surface area contributed by atoms with Crippen molar-refractivity contribution in [1.82, 2.24) is 4.98 Å². The fraction of sp³-hybridized carbons (Fsp3) is 0.500. The first-order valence-electron chi connectivity index (χ1n) is 4.84. The molecule has 0 bridgehead atoms. The number of aliphatic hydroxyl groups excluding tert-OH is 1. The third kappa shape index (κ3) is 4.14. The van der Waals surface area contributed by atoms with E-state index in [0.29, 0.717) is 28.9 Å². The molecule has 0 aliphatic rings. The van der Waals surface area contributed by atoms with Crippen molar-refractivity contribution >= 4 is 29.0 Å². The minimum absolute atomic E-state index is 0.0267. The van der Waals surface area contributed by atoms with Crippen LogP contribution in [0.2, 0.25) is 10.0 Å². The summed E-state index contributed by atoms with van der Waals surface area (Å²) in [4.78, 5) is 4.07. The second kappa shape index (κ2) is 6.91. The zero-order chi connectivity index (χ0) is 12.0. The molecule has 1 unspecified atom stereocenters. The van der Waals surface area contributed by atoms with Crippen molar-refractivity contribution in [3.8, 4) is 0 Å². The highest BCUT2D eigenvalue weighted by Gasteiger charge is 2.10. The Hall–Kier alpha value is -0.550. The maximum Gasteiger partial charge on any atom is 0.145 e. The number of rotatable bonds is 6. The Kier molecular flexibility index (Phi) is 5.84. The van der Waals surface area contributed by atoms with Crippen molar-refractivity contribution in [2.24, 2.45) is 0 Å². The molecule has 0 aliphatic heterocycles. The van der Waals surface area contributed by atoms with Crippen LogP contribution >= 0.6 is 23.2 Å². The molecule has 0 amide bonds. The van der Waals surface area contributed by atoms with Gasteiger partial charge >= 0.3 is 0 Å². The highest BCUT2D eigenvalue weighted by atomic mass is 35.5. The van der Waals surface area contributed by atoms with E-state index in [1.165, 1.54) is 6.20 Å². The molecule has 1 aromatic rings. The highest BCUT2D eigenvalue weighted by Crippen LogP contribution is 2.23. The molecule has 16 heavy (non-hydrogen) atoms. The molecule has 1 heterocycles. The zero-order valence-electron chi connectivity index (χ0n) is 8.91. The zero-order valence-corrected chi connectivity index (χ0v) is 10.4. The van der Waals surface area contributed by atoms with Gasteiger partial charge in [-0.2, -0.15) is 0 Å². The number of methoxy groups -OCH3 is 1. The van der Waals surface area contributed by atoms with Crippen LogP contribution in [0.4, 0.5) is 5.82 Å². The van der Waals surface area contributed by atoms with Gasteiger partial charge in [-0.3, -0.25) is 0 Å².